The molecule has 1 saturated heterocycles. The van der Waals surface area contributed by atoms with Crippen molar-refractivity contribution < 1.29 is 14.1 Å². The largest absolute Gasteiger partial charge is 0.489 e. The minimum absolute atomic E-state index is 0.0975. The first-order valence-electron chi connectivity index (χ1n) is 8.34. The first-order valence-corrected chi connectivity index (χ1v) is 8.34. The summed E-state index contributed by atoms with van der Waals surface area (Å²) in [6.45, 7) is 5.94. The molecule has 1 amide bonds. The van der Waals surface area contributed by atoms with Crippen molar-refractivity contribution in [1.29, 1.82) is 0 Å². The van der Waals surface area contributed by atoms with Gasteiger partial charge >= 0.3 is 0 Å². The summed E-state index contributed by atoms with van der Waals surface area (Å²) in [5.74, 6) is 1.31. The number of carbonyl (C=O) groups excluding carboxylic acids is 1. The molecule has 0 spiro atoms. The van der Waals surface area contributed by atoms with Crippen LogP contribution < -0.4 is 10.2 Å². The van der Waals surface area contributed by atoms with Crippen LogP contribution in [0.25, 0.3) is 0 Å². The number of hydrogen-bond donors (Lipinski definition) is 1. The van der Waals surface area contributed by atoms with E-state index >= 15 is 0 Å². The summed E-state index contributed by atoms with van der Waals surface area (Å²) in [4.78, 5) is 12.4. The Balaban J connectivity index is 1.62. The standard InChI is InChI=1S/C18H23N3O3/c1-13-17(14(2)24-20-13)12-23-16-8-6-7-15(11-16)18(22)19-21-9-4-3-5-10-21/h6-8,11H,3-5,9-10,12H2,1-2H3,(H,19,22). The molecule has 128 valence electrons. The molecule has 6 nitrogen and oxygen atoms in total. The number of amides is 1. The number of rotatable bonds is 5. The smallest absolute Gasteiger partial charge is 0.265 e. The second kappa shape index (κ2) is 7.49. The van der Waals surface area contributed by atoms with E-state index in [0.29, 0.717) is 17.9 Å². The highest BCUT2D eigenvalue weighted by molar-refractivity contribution is 5.94. The monoisotopic (exact) mass is 329 g/mol. The second-order valence-corrected chi connectivity index (χ2v) is 6.11. The molecule has 1 aromatic carbocycles. The third kappa shape index (κ3) is 3.94. The number of hydrogen-bond acceptors (Lipinski definition) is 5. The van der Waals surface area contributed by atoms with Gasteiger partial charge in [-0.25, -0.2) is 5.01 Å². The maximum absolute atomic E-state index is 12.4. The maximum Gasteiger partial charge on any atom is 0.265 e. The highest BCUT2D eigenvalue weighted by atomic mass is 16.5. The number of aryl methyl sites for hydroxylation is 2. The van der Waals surface area contributed by atoms with Gasteiger partial charge in [-0.1, -0.05) is 17.6 Å². The summed E-state index contributed by atoms with van der Waals surface area (Å²) in [5, 5.41) is 5.90. The molecular formula is C18H23N3O3. The molecule has 1 aromatic heterocycles. The quantitative estimate of drug-likeness (QED) is 0.913. The predicted molar refractivity (Wildman–Crippen MR) is 89.6 cm³/mol. The topological polar surface area (TPSA) is 67.6 Å². The molecule has 6 heteroatoms. The summed E-state index contributed by atoms with van der Waals surface area (Å²) in [6, 6.07) is 7.23. The predicted octanol–water partition coefficient (Wildman–Crippen LogP) is 3.00. The van der Waals surface area contributed by atoms with Crippen LogP contribution in [0.4, 0.5) is 0 Å². The number of nitrogens with one attached hydrogen (secondary N) is 1. The van der Waals surface area contributed by atoms with Gasteiger partial charge < -0.3 is 9.26 Å². The fourth-order valence-corrected chi connectivity index (χ4v) is 2.80. The van der Waals surface area contributed by atoms with Gasteiger partial charge in [0.15, 0.2) is 0 Å². The van der Waals surface area contributed by atoms with Gasteiger partial charge in [0.1, 0.15) is 18.1 Å². The van der Waals surface area contributed by atoms with Gasteiger partial charge in [-0.05, 0) is 44.9 Å². The lowest BCUT2D eigenvalue weighted by Crippen LogP contribution is -2.45. The molecule has 1 aliphatic rings. The van der Waals surface area contributed by atoms with Crippen molar-refractivity contribution >= 4 is 5.91 Å². The number of carbonyl (C=O) groups is 1. The maximum atomic E-state index is 12.4. The Morgan fingerprint density at radius 1 is 1.29 bits per heavy atom. The van der Waals surface area contributed by atoms with E-state index in [9.17, 15) is 4.79 Å². The van der Waals surface area contributed by atoms with Crippen molar-refractivity contribution in [3.05, 3.63) is 46.8 Å². The van der Waals surface area contributed by atoms with E-state index in [1.807, 2.05) is 31.0 Å². The first kappa shape index (κ1) is 16.5. The van der Waals surface area contributed by atoms with Crippen LogP contribution in [0.5, 0.6) is 5.75 Å². The van der Waals surface area contributed by atoms with Crippen molar-refractivity contribution in [1.82, 2.24) is 15.6 Å². The molecule has 1 N–H and O–H groups in total. The molecule has 3 rings (SSSR count). The van der Waals surface area contributed by atoms with Gasteiger partial charge in [-0.2, -0.15) is 0 Å². The van der Waals surface area contributed by atoms with Gasteiger partial charge in [0.05, 0.1) is 11.3 Å². The van der Waals surface area contributed by atoms with Crippen LogP contribution in [-0.2, 0) is 6.61 Å². The summed E-state index contributed by atoms with van der Waals surface area (Å²) in [6.07, 6.45) is 3.49. The Bertz CT molecular complexity index is 686. The minimum atomic E-state index is -0.0975. The molecule has 2 aromatic rings. The fraction of sp³-hybridized carbons (Fsp3) is 0.444. The highest BCUT2D eigenvalue weighted by Gasteiger charge is 2.15. The van der Waals surface area contributed by atoms with Crippen LogP contribution in [0.15, 0.2) is 28.8 Å². The van der Waals surface area contributed by atoms with Crippen LogP contribution in [-0.4, -0.2) is 29.2 Å². The lowest BCUT2D eigenvalue weighted by atomic mass is 10.1. The Labute approximate surface area is 141 Å². The summed E-state index contributed by atoms with van der Waals surface area (Å²) < 4.78 is 10.9. The molecule has 2 heterocycles. The number of aromatic nitrogens is 1. The number of ether oxygens (including phenoxy) is 1. The van der Waals surface area contributed by atoms with Gasteiger partial charge in [0.2, 0.25) is 0 Å². The van der Waals surface area contributed by atoms with Crippen molar-refractivity contribution in [3.8, 4) is 5.75 Å². The molecule has 1 fully saturated rings. The van der Waals surface area contributed by atoms with Crippen molar-refractivity contribution in [2.24, 2.45) is 0 Å². The van der Waals surface area contributed by atoms with E-state index < -0.39 is 0 Å². The van der Waals surface area contributed by atoms with Crippen molar-refractivity contribution in [2.45, 2.75) is 39.7 Å². The third-order valence-electron chi connectivity index (χ3n) is 4.28. The van der Waals surface area contributed by atoms with Crippen molar-refractivity contribution in [2.75, 3.05) is 13.1 Å². The number of benzene rings is 1. The molecule has 0 bridgehead atoms. The Hall–Kier alpha value is -2.34. The number of piperidine rings is 1. The molecule has 1 aliphatic heterocycles. The molecule has 0 saturated carbocycles. The van der Waals surface area contributed by atoms with Crippen LogP contribution in [0.1, 0.15) is 46.6 Å². The molecule has 0 aliphatic carbocycles. The highest BCUT2D eigenvalue weighted by Crippen LogP contribution is 2.18. The van der Waals surface area contributed by atoms with Gasteiger partial charge in [0, 0.05) is 18.7 Å². The van der Waals surface area contributed by atoms with E-state index in [1.165, 1.54) is 6.42 Å². The third-order valence-corrected chi connectivity index (χ3v) is 4.28. The Kier molecular flexibility index (Phi) is 5.15. The summed E-state index contributed by atoms with van der Waals surface area (Å²) >= 11 is 0. The van der Waals surface area contributed by atoms with Crippen LogP contribution in [0, 0.1) is 13.8 Å². The zero-order valence-corrected chi connectivity index (χ0v) is 14.2. The normalized spacial score (nSPS) is 15.2. The van der Waals surface area contributed by atoms with Crippen LogP contribution >= 0.6 is 0 Å². The molecule has 24 heavy (non-hydrogen) atoms. The number of nitrogens with zero attached hydrogens (tertiary/aromatic N) is 2. The Morgan fingerprint density at radius 2 is 2.08 bits per heavy atom. The van der Waals surface area contributed by atoms with Crippen molar-refractivity contribution in [3.63, 3.8) is 0 Å². The summed E-state index contributed by atoms with van der Waals surface area (Å²) in [7, 11) is 0. The van der Waals surface area contributed by atoms with Crippen LogP contribution in [0.2, 0.25) is 0 Å². The zero-order chi connectivity index (χ0) is 16.9. The minimum Gasteiger partial charge on any atom is -0.489 e. The fourth-order valence-electron chi connectivity index (χ4n) is 2.80. The SMILES string of the molecule is Cc1noc(C)c1COc1cccc(C(=O)NN2CCCCC2)c1. The first-order chi connectivity index (χ1) is 11.6. The summed E-state index contributed by atoms with van der Waals surface area (Å²) in [5.41, 5.74) is 5.33. The van der Waals surface area contributed by atoms with Gasteiger partial charge in [-0.15, -0.1) is 0 Å². The molecule has 0 radical (unpaired) electrons. The molecular weight excluding hydrogens is 306 g/mol. The van der Waals surface area contributed by atoms with Crippen LogP contribution in [0.3, 0.4) is 0 Å². The van der Waals surface area contributed by atoms with E-state index in [-0.39, 0.29) is 5.91 Å². The van der Waals surface area contributed by atoms with E-state index in [2.05, 4.69) is 10.6 Å². The second-order valence-electron chi connectivity index (χ2n) is 6.11. The average molecular weight is 329 g/mol. The Morgan fingerprint density at radius 3 is 2.79 bits per heavy atom. The average Bonchev–Trinajstić information content (AvgIpc) is 2.92. The van der Waals surface area contributed by atoms with Gasteiger partial charge in [0.25, 0.3) is 5.91 Å². The van der Waals surface area contributed by atoms with Gasteiger partial charge in [-0.3, -0.25) is 10.2 Å². The lowest BCUT2D eigenvalue weighted by Gasteiger charge is -2.26. The molecule has 0 atom stereocenters. The van der Waals surface area contributed by atoms with E-state index in [0.717, 1.165) is 42.9 Å². The molecule has 0 unspecified atom stereocenters. The van der Waals surface area contributed by atoms with E-state index in [4.69, 9.17) is 9.26 Å². The lowest BCUT2D eigenvalue weighted by molar-refractivity contribution is 0.0749. The number of hydrazine groups is 1. The van der Waals surface area contributed by atoms with E-state index in [1.54, 1.807) is 12.1 Å². The zero-order valence-electron chi connectivity index (χ0n) is 14.2.